The number of aryl methyl sites for hydroxylation is 1. The van der Waals surface area contributed by atoms with E-state index in [1.165, 1.54) is 12.8 Å². The van der Waals surface area contributed by atoms with Crippen LogP contribution in [0.5, 0.6) is 0 Å². The van der Waals surface area contributed by atoms with Crippen molar-refractivity contribution >= 4 is 11.0 Å². The van der Waals surface area contributed by atoms with Gasteiger partial charge in [0, 0.05) is 36.2 Å². The number of pyridine rings is 1. The fraction of sp³-hybridized carbons (Fsp3) is 0.438. The lowest BCUT2D eigenvalue weighted by Crippen LogP contribution is -2.34. The summed E-state index contributed by atoms with van der Waals surface area (Å²) in [6.07, 6.45) is 4.18. The molecule has 1 fully saturated rings. The molecule has 0 spiro atoms. The van der Waals surface area contributed by atoms with E-state index < -0.39 is 0 Å². The van der Waals surface area contributed by atoms with Gasteiger partial charge in [0.25, 0.3) is 0 Å². The largest absolute Gasteiger partial charge is 0.361 e. The second-order valence-electron chi connectivity index (χ2n) is 6.05. The highest BCUT2D eigenvalue weighted by atomic mass is 16.5. The van der Waals surface area contributed by atoms with Gasteiger partial charge < -0.3 is 4.52 Å². The van der Waals surface area contributed by atoms with E-state index in [0.29, 0.717) is 5.92 Å². The minimum atomic E-state index is 0.467. The van der Waals surface area contributed by atoms with E-state index in [1.807, 2.05) is 19.2 Å². The number of aromatic nitrogens is 4. The summed E-state index contributed by atoms with van der Waals surface area (Å²) >= 11 is 0. The normalized spacial score (nSPS) is 19.8. The zero-order chi connectivity index (χ0) is 14.9. The average Bonchev–Trinajstić information content (AvgIpc) is 3.15. The van der Waals surface area contributed by atoms with Crippen molar-refractivity contribution in [3.63, 3.8) is 0 Å². The van der Waals surface area contributed by atoms with Gasteiger partial charge in [-0.05, 0) is 38.4 Å². The molecule has 22 heavy (non-hydrogen) atoms. The van der Waals surface area contributed by atoms with Crippen molar-refractivity contribution in [2.45, 2.75) is 32.2 Å². The number of nitrogens with zero attached hydrogens (tertiary/aromatic N) is 4. The number of hydrogen-bond donors (Lipinski definition) is 1. The lowest BCUT2D eigenvalue weighted by atomic mass is 9.94. The molecule has 0 aliphatic carbocycles. The Morgan fingerprint density at radius 3 is 3.23 bits per heavy atom. The number of hydrogen-bond acceptors (Lipinski definition) is 5. The predicted molar refractivity (Wildman–Crippen MR) is 82.4 cm³/mol. The number of aromatic amines is 1. The molecule has 1 atom stereocenters. The minimum Gasteiger partial charge on any atom is -0.361 e. The van der Waals surface area contributed by atoms with Gasteiger partial charge in [-0.15, -0.1) is 0 Å². The summed E-state index contributed by atoms with van der Waals surface area (Å²) in [5.41, 5.74) is 3.04. The molecule has 1 aliphatic heterocycles. The van der Waals surface area contributed by atoms with Crippen LogP contribution in [0.4, 0.5) is 0 Å². The van der Waals surface area contributed by atoms with E-state index in [2.05, 4.69) is 32.4 Å². The Balaban J connectivity index is 1.50. The van der Waals surface area contributed by atoms with Crippen LogP contribution in [0, 0.1) is 6.92 Å². The molecule has 6 nitrogen and oxygen atoms in total. The Kier molecular flexibility index (Phi) is 3.38. The van der Waals surface area contributed by atoms with E-state index >= 15 is 0 Å². The highest BCUT2D eigenvalue weighted by Crippen LogP contribution is 2.27. The Morgan fingerprint density at radius 1 is 1.41 bits per heavy atom. The lowest BCUT2D eigenvalue weighted by molar-refractivity contribution is 0.193. The molecule has 114 valence electrons. The molecule has 1 N–H and O–H groups in total. The van der Waals surface area contributed by atoms with Crippen molar-refractivity contribution in [2.24, 2.45) is 0 Å². The second-order valence-corrected chi connectivity index (χ2v) is 6.05. The quantitative estimate of drug-likeness (QED) is 0.804. The van der Waals surface area contributed by atoms with Gasteiger partial charge in [-0.25, -0.2) is 4.98 Å². The SMILES string of the molecule is Cc1cc(CN2CCC[C@H](c3ccc4cn[nH]c4n3)C2)no1. The molecular weight excluding hydrogens is 278 g/mol. The smallest absolute Gasteiger partial charge is 0.155 e. The number of rotatable bonds is 3. The summed E-state index contributed by atoms with van der Waals surface area (Å²) < 4.78 is 5.16. The molecule has 3 aromatic heterocycles. The van der Waals surface area contributed by atoms with Crippen molar-refractivity contribution in [3.8, 4) is 0 Å². The Bertz CT molecular complexity index is 778. The van der Waals surface area contributed by atoms with E-state index in [1.54, 1.807) is 0 Å². The number of piperidine rings is 1. The van der Waals surface area contributed by atoms with Crippen molar-refractivity contribution in [2.75, 3.05) is 13.1 Å². The van der Waals surface area contributed by atoms with Crippen LogP contribution >= 0.6 is 0 Å². The van der Waals surface area contributed by atoms with Crippen LogP contribution in [-0.2, 0) is 6.54 Å². The highest BCUT2D eigenvalue weighted by molar-refractivity contribution is 5.73. The Morgan fingerprint density at radius 2 is 2.36 bits per heavy atom. The van der Waals surface area contributed by atoms with Crippen LogP contribution < -0.4 is 0 Å². The Hall–Kier alpha value is -2.21. The fourth-order valence-electron chi connectivity index (χ4n) is 3.23. The molecule has 4 rings (SSSR count). The zero-order valence-corrected chi connectivity index (χ0v) is 12.6. The third-order valence-electron chi connectivity index (χ3n) is 4.31. The van der Waals surface area contributed by atoms with Crippen LogP contribution in [0.25, 0.3) is 11.0 Å². The number of likely N-dealkylation sites (tertiary alicyclic amines) is 1. The molecular formula is C16H19N5O. The fourth-order valence-corrected chi connectivity index (χ4v) is 3.23. The molecule has 1 saturated heterocycles. The van der Waals surface area contributed by atoms with Gasteiger partial charge in [0.1, 0.15) is 5.76 Å². The predicted octanol–water partition coefficient (Wildman–Crippen LogP) is 2.63. The monoisotopic (exact) mass is 297 g/mol. The summed E-state index contributed by atoms with van der Waals surface area (Å²) in [5, 5.41) is 12.2. The van der Waals surface area contributed by atoms with Crippen LogP contribution in [-0.4, -0.2) is 38.3 Å². The van der Waals surface area contributed by atoms with E-state index in [-0.39, 0.29) is 0 Å². The summed E-state index contributed by atoms with van der Waals surface area (Å²) in [6, 6.07) is 6.24. The van der Waals surface area contributed by atoms with Crippen LogP contribution in [0.15, 0.2) is 28.9 Å². The molecule has 0 saturated carbocycles. The van der Waals surface area contributed by atoms with Gasteiger partial charge in [-0.1, -0.05) is 5.16 Å². The lowest BCUT2D eigenvalue weighted by Gasteiger charge is -2.31. The molecule has 0 aromatic carbocycles. The van der Waals surface area contributed by atoms with Gasteiger partial charge in [0.15, 0.2) is 5.65 Å². The molecule has 0 unspecified atom stereocenters. The molecule has 3 aromatic rings. The van der Waals surface area contributed by atoms with Crippen LogP contribution in [0.2, 0.25) is 0 Å². The molecule has 6 heteroatoms. The maximum absolute atomic E-state index is 5.16. The standard InChI is InChI=1S/C16H19N5O/c1-11-7-14(20-22-11)10-21-6-2-3-13(9-21)15-5-4-12-8-17-19-16(12)18-15/h4-5,7-8,13H,2-3,6,9-10H2,1H3,(H,17,18,19)/t13-/m0/s1. The number of fused-ring (bicyclic) bond motifs is 1. The van der Waals surface area contributed by atoms with Gasteiger partial charge in [-0.2, -0.15) is 5.10 Å². The number of H-pyrrole nitrogens is 1. The van der Waals surface area contributed by atoms with Crippen molar-refractivity contribution in [1.82, 2.24) is 25.2 Å². The third-order valence-corrected chi connectivity index (χ3v) is 4.31. The molecule has 0 radical (unpaired) electrons. The van der Waals surface area contributed by atoms with Crippen LogP contribution in [0.1, 0.15) is 35.9 Å². The zero-order valence-electron chi connectivity index (χ0n) is 12.6. The topological polar surface area (TPSA) is 70.8 Å². The molecule has 4 heterocycles. The van der Waals surface area contributed by atoms with Crippen molar-refractivity contribution in [3.05, 3.63) is 41.5 Å². The Labute approximate surface area is 128 Å². The summed E-state index contributed by atoms with van der Waals surface area (Å²) in [5.74, 6) is 1.34. The van der Waals surface area contributed by atoms with Crippen LogP contribution in [0.3, 0.4) is 0 Å². The van der Waals surface area contributed by atoms with Gasteiger partial charge in [0.05, 0.1) is 11.9 Å². The van der Waals surface area contributed by atoms with Crippen molar-refractivity contribution in [1.29, 1.82) is 0 Å². The summed E-state index contributed by atoms with van der Waals surface area (Å²) in [7, 11) is 0. The second kappa shape index (κ2) is 5.53. The molecule has 0 bridgehead atoms. The van der Waals surface area contributed by atoms with Gasteiger partial charge >= 0.3 is 0 Å². The van der Waals surface area contributed by atoms with Crippen molar-refractivity contribution < 1.29 is 4.52 Å². The maximum Gasteiger partial charge on any atom is 0.155 e. The summed E-state index contributed by atoms with van der Waals surface area (Å²) in [4.78, 5) is 7.16. The van der Waals surface area contributed by atoms with Gasteiger partial charge in [-0.3, -0.25) is 10.00 Å². The highest BCUT2D eigenvalue weighted by Gasteiger charge is 2.23. The first-order chi connectivity index (χ1) is 10.8. The van der Waals surface area contributed by atoms with E-state index in [0.717, 1.165) is 47.8 Å². The van der Waals surface area contributed by atoms with E-state index in [4.69, 9.17) is 9.51 Å². The van der Waals surface area contributed by atoms with E-state index in [9.17, 15) is 0 Å². The third kappa shape index (κ3) is 2.62. The molecule has 0 amide bonds. The first-order valence-electron chi connectivity index (χ1n) is 7.72. The molecule has 1 aliphatic rings. The number of nitrogens with one attached hydrogen (secondary N) is 1. The van der Waals surface area contributed by atoms with Gasteiger partial charge in [0.2, 0.25) is 0 Å². The maximum atomic E-state index is 5.16. The first kappa shape index (κ1) is 13.5. The summed E-state index contributed by atoms with van der Waals surface area (Å²) in [6.45, 7) is 4.90. The minimum absolute atomic E-state index is 0.467. The average molecular weight is 297 g/mol. The first-order valence-corrected chi connectivity index (χ1v) is 7.72.